The van der Waals surface area contributed by atoms with E-state index in [1.165, 1.54) is 5.56 Å². The van der Waals surface area contributed by atoms with E-state index in [9.17, 15) is 9.59 Å². The summed E-state index contributed by atoms with van der Waals surface area (Å²) in [5, 5.41) is 0. The van der Waals surface area contributed by atoms with Crippen LogP contribution in [0.2, 0.25) is 0 Å². The third kappa shape index (κ3) is 4.53. The van der Waals surface area contributed by atoms with Crippen LogP contribution >= 0.6 is 0 Å². The van der Waals surface area contributed by atoms with E-state index in [-0.39, 0.29) is 24.3 Å². The van der Waals surface area contributed by atoms with Gasteiger partial charge >= 0.3 is 0 Å². The molecule has 2 unspecified atom stereocenters. The van der Waals surface area contributed by atoms with Crippen LogP contribution in [0.1, 0.15) is 17.9 Å². The van der Waals surface area contributed by atoms with Crippen LogP contribution in [-0.2, 0) is 9.59 Å². The molecule has 0 aromatic heterocycles. The summed E-state index contributed by atoms with van der Waals surface area (Å²) < 4.78 is 10.7. The van der Waals surface area contributed by atoms with Crippen molar-refractivity contribution in [2.75, 3.05) is 39.9 Å². The van der Waals surface area contributed by atoms with E-state index >= 15 is 0 Å². The van der Waals surface area contributed by atoms with Crippen molar-refractivity contribution >= 4 is 11.8 Å². The molecule has 0 N–H and O–H groups in total. The van der Waals surface area contributed by atoms with E-state index < -0.39 is 0 Å². The topological polar surface area (TPSA) is 59.1 Å². The van der Waals surface area contributed by atoms with Crippen LogP contribution in [0.15, 0.2) is 54.6 Å². The third-order valence-corrected chi connectivity index (χ3v) is 5.70. The lowest BCUT2D eigenvalue weighted by molar-refractivity contribution is -0.141. The Bertz CT molecular complexity index is 845. The Labute approximate surface area is 171 Å². The predicted octanol–water partition coefficient (Wildman–Crippen LogP) is 2.55. The molecular weight excluding hydrogens is 368 g/mol. The first-order valence-electron chi connectivity index (χ1n) is 10.0. The maximum atomic E-state index is 12.8. The smallest absolute Gasteiger partial charge is 0.260 e. The standard InChI is InChI=1S/C23H26N2O4/c1-28-18-7-9-19(10-8-18)29-16-22(26)24-11-13-25(14-12-24)23(27)21-15-20(21)17-5-3-2-4-6-17/h2-10,20-21H,11-16H2,1H3. The molecule has 6 nitrogen and oxygen atoms in total. The summed E-state index contributed by atoms with van der Waals surface area (Å²) in [4.78, 5) is 28.9. The van der Waals surface area contributed by atoms with Gasteiger partial charge in [0.05, 0.1) is 7.11 Å². The first-order chi connectivity index (χ1) is 14.2. The van der Waals surface area contributed by atoms with Gasteiger partial charge in [0.2, 0.25) is 5.91 Å². The molecule has 0 spiro atoms. The van der Waals surface area contributed by atoms with Gasteiger partial charge in [0.15, 0.2) is 6.61 Å². The van der Waals surface area contributed by atoms with Crippen LogP contribution in [-0.4, -0.2) is 61.5 Å². The number of amides is 2. The van der Waals surface area contributed by atoms with Gasteiger partial charge in [0, 0.05) is 32.1 Å². The predicted molar refractivity (Wildman–Crippen MR) is 109 cm³/mol. The number of ether oxygens (including phenoxy) is 2. The van der Waals surface area contributed by atoms with Gasteiger partial charge < -0.3 is 19.3 Å². The highest BCUT2D eigenvalue weighted by Crippen LogP contribution is 2.48. The van der Waals surface area contributed by atoms with E-state index in [1.807, 2.05) is 23.1 Å². The Balaban J connectivity index is 1.22. The molecule has 29 heavy (non-hydrogen) atoms. The molecule has 2 aromatic carbocycles. The number of piperazine rings is 1. The second-order valence-electron chi connectivity index (χ2n) is 7.53. The first-order valence-corrected chi connectivity index (χ1v) is 10.0. The Morgan fingerprint density at radius 2 is 1.52 bits per heavy atom. The summed E-state index contributed by atoms with van der Waals surface area (Å²) in [6, 6.07) is 17.4. The minimum atomic E-state index is -0.0542. The zero-order chi connectivity index (χ0) is 20.2. The average molecular weight is 394 g/mol. The maximum absolute atomic E-state index is 12.8. The molecule has 152 valence electrons. The van der Waals surface area contributed by atoms with Crippen molar-refractivity contribution in [2.45, 2.75) is 12.3 Å². The summed E-state index contributed by atoms with van der Waals surface area (Å²) in [5.41, 5.74) is 1.25. The number of hydrogen-bond donors (Lipinski definition) is 0. The van der Waals surface area contributed by atoms with Gasteiger partial charge in [-0.25, -0.2) is 0 Å². The van der Waals surface area contributed by atoms with Crippen molar-refractivity contribution in [3.8, 4) is 11.5 Å². The molecule has 0 bridgehead atoms. The van der Waals surface area contributed by atoms with Crippen molar-refractivity contribution in [1.29, 1.82) is 0 Å². The number of methoxy groups -OCH3 is 1. The van der Waals surface area contributed by atoms with Crippen molar-refractivity contribution in [3.05, 3.63) is 60.2 Å². The summed E-state index contributed by atoms with van der Waals surface area (Å²) in [7, 11) is 1.61. The van der Waals surface area contributed by atoms with Crippen LogP contribution < -0.4 is 9.47 Å². The van der Waals surface area contributed by atoms with Crippen molar-refractivity contribution < 1.29 is 19.1 Å². The zero-order valence-corrected chi connectivity index (χ0v) is 16.6. The molecule has 1 aliphatic carbocycles. The fourth-order valence-electron chi connectivity index (χ4n) is 3.86. The molecule has 2 amide bonds. The molecular formula is C23H26N2O4. The molecule has 4 rings (SSSR count). The van der Waals surface area contributed by atoms with Crippen molar-refractivity contribution in [1.82, 2.24) is 9.80 Å². The second-order valence-corrected chi connectivity index (χ2v) is 7.53. The van der Waals surface area contributed by atoms with Crippen LogP contribution in [0.3, 0.4) is 0 Å². The van der Waals surface area contributed by atoms with E-state index in [0.717, 1.165) is 12.2 Å². The van der Waals surface area contributed by atoms with Gasteiger partial charge in [-0.2, -0.15) is 0 Å². The average Bonchev–Trinajstić information content (AvgIpc) is 3.59. The minimum absolute atomic E-state index is 0.00101. The summed E-state index contributed by atoms with van der Waals surface area (Å²) in [5.74, 6) is 1.99. The SMILES string of the molecule is COc1ccc(OCC(=O)N2CCN(C(=O)C3CC3c3ccccc3)CC2)cc1. The molecule has 1 aliphatic heterocycles. The Kier molecular flexibility index (Phi) is 5.69. The molecule has 2 aliphatic rings. The lowest BCUT2D eigenvalue weighted by Gasteiger charge is -2.35. The normalized spacial score (nSPS) is 20.9. The van der Waals surface area contributed by atoms with Gasteiger partial charge in [-0.1, -0.05) is 30.3 Å². The Morgan fingerprint density at radius 1 is 0.897 bits per heavy atom. The monoisotopic (exact) mass is 394 g/mol. The van der Waals surface area contributed by atoms with E-state index in [4.69, 9.17) is 9.47 Å². The van der Waals surface area contributed by atoms with E-state index in [0.29, 0.717) is 37.8 Å². The molecule has 1 saturated heterocycles. The number of benzene rings is 2. The van der Waals surface area contributed by atoms with Crippen molar-refractivity contribution in [3.63, 3.8) is 0 Å². The Morgan fingerprint density at radius 3 is 2.17 bits per heavy atom. The summed E-state index contributed by atoms with van der Waals surface area (Å²) in [6.07, 6.45) is 0.928. The summed E-state index contributed by atoms with van der Waals surface area (Å²) in [6.45, 7) is 2.29. The number of hydrogen-bond acceptors (Lipinski definition) is 4. The lowest BCUT2D eigenvalue weighted by atomic mass is 10.1. The van der Waals surface area contributed by atoms with Crippen LogP contribution in [0, 0.1) is 5.92 Å². The van der Waals surface area contributed by atoms with Gasteiger partial charge in [0.1, 0.15) is 11.5 Å². The van der Waals surface area contributed by atoms with Crippen LogP contribution in [0.25, 0.3) is 0 Å². The van der Waals surface area contributed by atoms with Gasteiger partial charge in [-0.15, -0.1) is 0 Å². The first kappa shape index (κ1) is 19.3. The highest BCUT2D eigenvalue weighted by molar-refractivity contribution is 5.83. The number of carbonyl (C=O) groups excluding carboxylic acids is 2. The van der Waals surface area contributed by atoms with Gasteiger partial charge in [-0.05, 0) is 42.2 Å². The number of carbonyl (C=O) groups is 2. The molecule has 6 heteroatoms. The largest absolute Gasteiger partial charge is 0.497 e. The van der Waals surface area contributed by atoms with Crippen molar-refractivity contribution in [2.24, 2.45) is 5.92 Å². The molecule has 2 atom stereocenters. The molecule has 0 radical (unpaired) electrons. The summed E-state index contributed by atoms with van der Waals surface area (Å²) >= 11 is 0. The van der Waals surface area contributed by atoms with Crippen LogP contribution in [0.5, 0.6) is 11.5 Å². The fraction of sp³-hybridized carbons (Fsp3) is 0.391. The molecule has 2 fully saturated rings. The second kappa shape index (κ2) is 8.55. The van der Waals surface area contributed by atoms with Gasteiger partial charge in [0.25, 0.3) is 5.91 Å². The van der Waals surface area contributed by atoms with E-state index in [1.54, 1.807) is 36.3 Å². The van der Waals surface area contributed by atoms with Crippen LogP contribution in [0.4, 0.5) is 0 Å². The number of nitrogens with zero attached hydrogens (tertiary/aromatic N) is 2. The van der Waals surface area contributed by atoms with E-state index in [2.05, 4.69) is 12.1 Å². The third-order valence-electron chi connectivity index (χ3n) is 5.70. The molecule has 1 saturated carbocycles. The fourth-order valence-corrected chi connectivity index (χ4v) is 3.86. The highest BCUT2D eigenvalue weighted by Gasteiger charge is 2.46. The van der Waals surface area contributed by atoms with Gasteiger partial charge in [-0.3, -0.25) is 9.59 Å². The molecule has 2 aromatic rings. The lowest BCUT2D eigenvalue weighted by Crippen LogP contribution is -2.52. The maximum Gasteiger partial charge on any atom is 0.260 e. The minimum Gasteiger partial charge on any atom is -0.497 e. The molecule has 1 heterocycles. The Hall–Kier alpha value is -3.02. The highest BCUT2D eigenvalue weighted by atomic mass is 16.5. The quantitative estimate of drug-likeness (QED) is 0.756. The zero-order valence-electron chi connectivity index (χ0n) is 16.6. The number of rotatable bonds is 6.